The molecule has 0 amide bonds. The summed E-state index contributed by atoms with van der Waals surface area (Å²) in [7, 11) is 1.62. The average molecular weight is 247 g/mol. The number of nitrogens with two attached hydrogens (primary N) is 1. The average Bonchev–Trinajstić information content (AvgIpc) is 2.40. The topological polar surface area (TPSA) is 59.3 Å². The van der Waals surface area contributed by atoms with E-state index in [1.165, 1.54) is 0 Å². The lowest BCUT2D eigenvalue weighted by Gasteiger charge is -2.25. The third-order valence-electron chi connectivity index (χ3n) is 3.30. The van der Waals surface area contributed by atoms with Crippen LogP contribution in [-0.2, 0) is 0 Å². The van der Waals surface area contributed by atoms with E-state index in [1.807, 2.05) is 18.2 Å². The van der Waals surface area contributed by atoms with Crippen molar-refractivity contribution in [3.8, 4) is 5.75 Å². The number of methoxy groups -OCH3 is 1. The van der Waals surface area contributed by atoms with Crippen LogP contribution in [0.15, 0.2) is 24.8 Å². The minimum Gasteiger partial charge on any atom is -0.495 e. The van der Waals surface area contributed by atoms with Crippen molar-refractivity contribution in [2.24, 2.45) is 0 Å². The number of nitrogen functional groups attached to an aromatic ring is 1. The number of nitrogens with one attached hydrogen (secondary N) is 2. The number of hydrogen-bond acceptors (Lipinski definition) is 4. The minimum absolute atomic E-state index is 0.502. The van der Waals surface area contributed by atoms with Crippen LogP contribution < -0.4 is 21.1 Å². The zero-order valence-corrected chi connectivity index (χ0v) is 10.8. The highest BCUT2D eigenvalue weighted by atomic mass is 16.5. The molecular formula is C14H21N3O. The van der Waals surface area contributed by atoms with E-state index in [2.05, 4.69) is 17.2 Å². The number of anilines is 1. The SMILES string of the molecule is C=C(NC1CCNCC1)c1ccc(N)c(OC)c1. The summed E-state index contributed by atoms with van der Waals surface area (Å²) in [6, 6.07) is 6.24. The van der Waals surface area contributed by atoms with E-state index in [-0.39, 0.29) is 0 Å². The Labute approximate surface area is 108 Å². The van der Waals surface area contributed by atoms with E-state index >= 15 is 0 Å². The molecule has 4 N–H and O–H groups in total. The predicted molar refractivity (Wildman–Crippen MR) is 75.5 cm³/mol. The molecular weight excluding hydrogens is 226 g/mol. The number of piperidine rings is 1. The van der Waals surface area contributed by atoms with Crippen LogP contribution in [0.5, 0.6) is 5.75 Å². The fourth-order valence-electron chi connectivity index (χ4n) is 2.19. The van der Waals surface area contributed by atoms with Crippen molar-refractivity contribution in [2.75, 3.05) is 25.9 Å². The van der Waals surface area contributed by atoms with Crippen molar-refractivity contribution in [1.82, 2.24) is 10.6 Å². The summed E-state index contributed by atoms with van der Waals surface area (Å²) in [6.45, 7) is 6.23. The molecule has 1 heterocycles. The molecule has 1 aliphatic rings. The Bertz CT molecular complexity index is 425. The first-order chi connectivity index (χ1) is 8.70. The van der Waals surface area contributed by atoms with Gasteiger partial charge in [0, 0.05) is 17.3 Å². The molecule has 0 aromatic heterocycles. The number of ether oxygens (including phenoxy) is 1. The summed E-state index contributed by atoms with van der Waals surface area (Å²) in [5.41, 5.74) is 8.41. The smallest absolute Gasteiger partial charge is 0.142 e. The Morgan fingerprint density at radius 2 is 2.17 bits per heavy atom. The third-order valence-corrected chi connectivity index (χ3v) is 3.30. The highest BCUT2D eigenvalue weighted by Crippen LogP contribution is 2.25. The molecule has 4 nitrogen and oxygen atoms in total. The molecule has 0 saturated carbocycles. The molecule has 0 bridgehead atoms. The Kier molecular flexibility index (Phi) is 4.10. The molecule has 18 heavy (non-hydrogen) atoms. The number of benzene rings is 1. The second-order valence-corrected chi connectivity index (χ2v) is 4.60. The van der Waals surface area contributed by atoms with Gasteiger partial charge in [0.05, 0.1) is 12.8 Å². The molecule has 0 aliphatic carbocycles. The number of rotatable bonds is 4. The predicted octanol–water partition coefficient (Wildman–Crippen LogP) is 1.59. The normalized spacial score (nSPS) is 16.3. The highest BCUT2D eigenvalue weighted by molar-refractivity contribution is 5.67. The first-order valence-electron chi connectivity index (χ1n) is 6.30. The summed E-state index contributed by atoms with van der Waals surface area (Å²) >= 11 is 0. The second kappa shape index (κ2) is 5.78. The van der Waals surface area contributed by atoms with Gasteiger partial charge in [0.25, 0.3) is 0 Å². The van der Waals surface area contributed by atoms with Gasteiger partial charge < -0.3 is 21.1 Å². The van der Waals surface area contributed by atoms with Gasteiger partial charge in [-0.15, -0.1) is 0 Å². The van der Waals surface area contributed by atoms with E-state index in [0.717, 1.165) is 37.2 Å². The van der Waals surface area contributed by atoms with Crippen molar-refractivity contribution < 1.29 is 4.74 Å². The number of hydrogen-bond donors (Lipinski definition) is 3. The van der Waals surface area contributed by atoms with Crippen LogP contribution in [0, 0.1) is 0 Å². The summed E-state index contributed by atoms with van der Waals surface area (Å²) in [5, 5.41) is 6.82. The van der Waals surface area contributed by atoms with E-state index in [4.69, 9.17) is 10.5 Å². The molecule has 98 valence electrons. The van der Waals surface area contributed by atoms with Crippen LogP contribution in [-0.4, -0.2) is 26.2 Å². The van der Waals surface area contributed by atoms with E-state index in [0.29, 0.717) is 17.5 Å². The van der Waals surface area contributed by atoms with Crippen molar-refractivity contribution in [3.63, 3.8) is 0 Å². The van der Waals surface area contributed by atoms with Crippen molar-refractivity contribution in [1.29, 1.82) is 0 Å². The third kappa shape index (κ3) is 2.96. The summed E-state index contributed by atoms with van der Waals surface area (Å²) < 4.78 is 5.22. The van der Waals surface area contributed by atoms with Gasteiger partial charge in [0.2, 0.25) is 0 Å². The zero-order chi connectivity index (χ0) is 13.0. The van der Waals surface area contributed by atoms with Gasteiger partial charge in [0.15, 0.2) is 0 Å². The van der Waals surface area contributed by atoms with E-state index in [9.17, 15) is 0 Å². The summed E-state index contributed by atoms with van der Waals surface area (Å²) in [4.78, 5) is 0. The molecule has 1 aromatic carbocycles. The first-order valence-corrected chi connectivity index (χ1v) is 6.30. The van der Waals surface area contributed by atoms with Crippen LogP contribution in [0.25, 0.3) is 5.70 Å². The second-order valence-electron chi connectivity index (χ2n) is 4.60. The monoisotopic (exact) mass is 247 g/mol. The quantitative estimate of drug-likeness (QED) is 0.707. The van der Waals surface area contributed by atoms with Gasteiger partial charge in [-0.3, -0.25) is 0 Å². The lowest BCUT2D eigenvalue weighted by Crippen LogP contribution is -2.38. The fourth-order valence-corrected chi connectivity index (χ4v) is 2.19. The Balaban J connectivity index is 2.03. The Morgan fingerprint density at radius 1 is 1.44 bits per heavy atom. The first kappa shape index (κ1) is 12.8. The fraction of sp³-hybridized carbons (Fsp3) is 0.429. The van der Waals surface area contributed by atoms with Gasteiger partial charge in [-0.1, -0.05) is 12.6 Å². The molecule has 1 fully saturated rings. The summed E-state index contributed by atoms with van der Waals surface area (Å²) in [6.07, 6.45) is 2.26. The molecule has 4 heteroatoms. The van der Waals surface area contributed by atoms with Gasteiger partial charge >= 0.3 is 0 Å². The van der Waals surface area contributed by atoms with Gasteiger partial charge in [-0.25, -0.2) is 0 Å². The van der Waals surface area contributed by atoms with Gasteiger partial charge in [-0.05, 0) is 38.1 Å². The maximum Gasteiger partial charge on any atom is 0.142 e. The van der Waals surface area contributed by atoms with Crippen LogP contribution in [0.1, 0.15) is 18.4 Å². The Morgan fingerprint density at radius 3 is 2.83 bits per heavy atom. The largest absolute Gasteiger partial charge is 0.495 e. The van der Waals surface area contributed by atoms with E-state index in [1.54, 1.807) is 7.11 Å². The molecule has 1 aromatic rings. The van der Waals surface area contributed by atoms with Crippen molar-refractivity contribution in [2.45, 2.75) is 18.9 Å². The molecule has 0 atom stereocenters. The standard InChI is InChI=1S/C14H21N3O/c1-10(17-12-5-7-16-8-6-12)11-3-4-13(15)14(9-11)18-2/h3-4,9,12,16-17H,1,5-8,15H2,2H3. The molecule has 1 saturated heterocycles. The maximum absolute atomic E-state index is 5.80. The molecule has 0 spiro atoms. The van der Waals surface area contributed by atoms with Gasteiger partial charge in [0.1, 0.15) is 5.75 Å². The molecule has 0 radical (unpaired) electrons. The van der Waals surface area contributed by atoms with Crippen molar-refractivity contribution >= 4 is 11.4 Å². The zero-order valence-electron chi connectivity index (χ0n) is 10.8. The van der Waals surface area contributed by atoms with Crippen LogP contribution in [0.3, 0.4) is 0 Å². The summed E-state index contributed by atoms with van der Waals surface area (Å²) in [5.74, 6) is 0.695. The van der Waals surface area contributed by atoms with E-state index < -0.39 is 0 Å². The molecule has 0 unspecified atom stereocenters. The molecule has 1 aliphatic heterocycles. The van der Waals surface area contributed by atoms with Crippen LogP contribution in [0.4, 0.5) is 5.69 Å². The van der Waals surface area contributed by atoms with Crippen LogP contribution in [0.2, 0.25) is 0 Å². The van der Waals surface area contributed by atoms with Crippen molar-refractivity contribution in [3.05, 3.63) is 30.3 Å². The highest BCUT2D eigenvalue weighted by Gasteiger charge is 2.14. The maximum atomic E-state index is 5.80. The van der Waals surface area contributed by atoms with Gasteiger partial charge in [-0.2, -0.15) is 0 Å². The Hall–Kier alpha value is -1.68. The lowest BCUT2D eigenvalue weighted by atomic mass is 10.0. The van der Waals surface area contributed by atoms with Crippen LogP contribution >= 0.6 is 0 Å². The molecule has 2 rings (SSSR count). The lowest BCUT2D eigenvalue weighted by molar-refractivity contribution is 0.416. The minimum atomic E-state index is 0.502.